The van der Waals surface area contributed by atoms with Gasteiger partial charge in [0.25, 0.3) is 0 Å². The van der Waals surface area contributed by atoms with Crippen molar-refractivity contribution in [1.82, 2.24) is 10.2 Å². The van der Waals surface area contributed by atoms with E-state index in [1.165, 1.54) is 17.8 Å². The van der Waals surface area contributed by atoms with Gasteiger partial charge in [-0.2, -0.15) is 0 Å². The number of β-amino-alcohol motifs (C(OH)–C–C–N with tert-alkyl or cyclic N) is 1. The van der Waals surface area contributed by atoms with Crippen LogP contribution in [-0.4, -0.2) is 54.6 Å². The zero-order valence-electron chi connectivity index (χ0n) is 10.8. The second kappa shape index (κ2) is 7.09. The van der Waals surface area contributed by atoms with Gasteiger partial charge in [0.2, 0.25) is 0 Å². The molecule has 1 aromatic rings. The molecule has 0 aromatic heterocycles. The molecule has 1 fully saturated rings. The lowest BCUT2D eigenvalue weighted by Crippen LogP contribution is -2.46. The number of aliphatic hydroxyl groups is 1. The van der Waals surface area contributed by atoms with E-state index < -0.39 is 6.10 Å². The molecule has 0 spiro atoms. The minimum atomic E-state index is -0.444. The quantitative estimate of drug-likeness (QED) is 0.551. The first-order valence-corrected chi connectivity index (χ1v) is 7.42. The Labute approximate surface area is 117 Å². The van der Waals surface area contributed by atoms with Crippen LogP contribution in [-0.2, 0) is 0 Å². The Hall–Kier alpha value is -0.820. The maximum atomic E-state index is 13.6. The standard InChI is InChI=1S/C13H20FN3OS/c14-12-7-10(15)1-2-13(12)19-9-11(18)8-17-5-3-16-4-6-17/h1-2,7,11,16,18H,3-6,8-9,15H2. The van der Waals surface area contributed by atoms with Crippen molar-refractivity contribution in [3.63, 3.8) is 0 Å². The molecule has 0 bridgehead atoms. The summed E-state index contributed by atoms with van der Waals surface area (Å²) in [5.41, 5.74) is 5.92. The molecular formula is C13H20FN3OS. The molecule has 0 saturated carbocycles. The molecule has 4 N–H and O–H groups in total. The van der Waals surface area contributed by atoms with Crippen molar-refractivity contribution in [3.05, 3.63) is 24.0 Å². The lowest BCUT2D eigenvalue weighted by atomic mass is 10.3. The van der Waals surface area contributed by atoms with Crippen LogP contribution in [0.3, 0.4) is 0 Å². The van der Waals surface area contributed by atoms with Crippen molar-refractivity contribution >= 4 is 17.4 Å². The number of nitrogens with zero attached hydrogens (tertiary/aromatic N) is 1. The number of hydrogen-bond donors (Lipinski definition) is 3. The highest BCUT2D eigenvalue weighted by molar-refractivity contribution is 7.99. The van der Waals surface area contributed by atoms with Crippen LogP contribution in [0.25, 0.3) is 0 Å². The van der Waals surface area contributed by atoms with Gasteiger partial charge in [-0.3, -0.25) is 4.90 Å². The van der Waals surface area contributed by atoms with Gasteiger partial charge in [-0.05, 0) is 18.2 Å². The summed E-state index contributed by atoms with van der Waals surface area (Å²) < 4.78 is 13.6. The molecule has 1 atom stereocenters. The highest BCUT2D eigenvalue weighted by atomic mass is 32.2. The van der Waals surface area contributed by atoms with Crippen LogP contribution in [0.1, 0.15) is 0 Å². The van der Waals surface area contributed by atoms with Crippen molar-refractivity contribution in [2.75, 3.05) is 44.2 Å². The summed E-state index contributed by atoms with van der Waals surface area (Å²) in [6, 6.07) is 4.64. The number of nitrogens with one attached hydrogen (secondary N) is 1. The van der Waals surface area contributed by atoms with E-state index in [0.29, 0.717) is 22.9 Å². The fraction of sp³-hybridized carbons (Fsp3) is 0.538. The van der Waals surface area contributed by atoms with Gasteiger partial charge in [-0.1, -0.05) is 0 Å². The normalized spacial score (nSPS) is 18.4. The highest BCUT2D eigenvalue weighted by Crippen LogP contribution is 2.24. The number of rotatable bonds is 5. The summed E-state index contributed by atoms with van der Waals surface area (Å²) in [5, 5.41) is 13.2. The van der Waals surface area contributed by atoms with Gasteiger partial charge >= 0.3 is 0 Å². The van der Waals surface area contributed by atoms with Crippen LogP contribution in [0.4, 0.5) is 10.1 Å². The van der Waals surface area contributed by atoms with E-state index in [9.17, 15) is 9.50 Å². The molecule has 6 heteroatoms. The van der Waals surface area contributed by atoms with E-state index >= 15 is 0 Å². The smallest absolute Gasteiger partial charge is 0.138 e. The largest absolute Gasteiger partial charge is 0.399 e. The van der Waals surface area contributed by atoms with Gasteiger partial charge in [0, 0.05) is 49.1 Å². The Kier molecular flexibility index (Phi) is 5.45. The van der Waals surface area contributed by atoms with Crippen LogP contribution < -0.4 is 11.1 Å². The number of halogens is 1. The van der Waals surface area contributed by atoms with E-state index in [0.717, 1.165) is 26.2 Å². The molecular weight excluding hydrogens is 265 g/mol. The molecule has 1 aromatic carbocycles. The SMILES string of the molecule is Nc1ccc(SCC(O)CN2CCNCC2)c(F)c1. The maximum absolute atomic E-state index is 13.6. The van der Waals surface area contributed by atoms with E-state index in [4.69, 9.17) is 5.73 Å². The summed E-state index contributed by atoms with van der Waals surface area (Å²) in [7, 11) is 0. The molecule has 106 valence electrons. The third-order valence-corrected chi connectivity index (χ3v) is 4.26. The Morgan fingerprint density at radius 3 is 2.84 bits per heavy atom. The molecule has 19 heavy (non-hydrogen) atoms. The van der Waals surface area contributed by atoms with E-state index in [-0.39, 0.29) is 5.82 Å². The zero-order chi connectivity index (χ0) is 13.7. The average molecular weight is 285 g/mol. The Morgan fingerprint density at radius 1 is 1.42 bits per heavy atom. The summed E-state index contributed by atoms with van der Waals surface area (Å²) in [4.78, 5) is 2.76. The lowest BCUT2D eigenvalue weighted by Gasteiger charge is -2.28. The first-order chi connectivity index (χ1) is 9.15. The maximum Gasteiger partial charge on any atom is 0.138 e. The number of nitrogen functional groups attached to an aromatic ring is 1. The Morgan fingerprint density at radius 2 is 2.16 bits per heavy atom. The second-order valence-electron chi connectivity index (χ2n) is 4.71. The summed E-state index contributed by atoms with van der Waals surface area (Å²) in [5.74, 6) is 0.171. The molecule has 4 nitrogen and oxygen atoms in total. The number of nitrogens with two attached hydrogens (primary N) is 1. The van der Waals surface area contributed by atoms with E-state index in [1.807, 2.05) is 0 Å². The molecule has 2 rings (SSSR count). The summed E-state index contributed by atoms with van der Waals surface area (Å²) in [6.07, 6.45) is -0.444. The Balaban J connectivity index is 1.77. The van der Waals surface area contributed by atoms with Gasteiger partial charge in [-0.25, -0.2) is 4.39 Å². The van der Waals surface area contributed by atoms with Crippen molar-refractivity contribution in [2.24, 2.45) is 0 Å². The fourth-order valence-electron chi connectivity index (χ4n) is 2.06. The van der Waals surface area contributed by atoms with Gasteiger partial charge in [0.15, 0.2) is 0 Å². The average Bonchev–Trinajstić information content (AvgIpc) is 2.39. The third-order valence-electron chi connectivity index (χ3n) is 3.07. The fourth-order valence-corrected chi connectivity index (χ4v) is 2.90. The molecule has 1 unspecified atom stereocenters. The minimum absolute atomic E-state index is 0.320. The van der Waals surface area contributed by atoms with E-state index in [2.05, 4.69) is 10.2 Å². The molecule has 1 saturated heterocycles. The number of piperazine rings is 1. The molecule has 0 amide bonds. The van der Waals surface area contributed by atoms with Crippen molar-refractivity contribution in [2.45, 2.75) is 11.0 Å². The van der Waals surface area contributed by atoms with Crippen LogP contribution in [0.5, 0.6) is 0 Å². The van der Waals surface area contributed by atoms with Crippen LogP contribution in [0.15, 0.2) is 23.1 Å². The monoisotopic (exact) mass is 285 g/mol. The number of hydrogen-bond acceptors (Lipinski definition) is 5. The number of anilines is 1. The first-order valence-electron chi connectivity index (χ1n) is 6.44. The van der Waals surface area contributed by atoms with Crippen molar-refractivity contribution < 1.29 is 9.50 Å². The summed E-state index contributed by atoms with van der Waals surface area (Å²) in [6.45, 7) is 4.49. The molecule has 1 heterocycles. The second-order valence-corrected chi connectivity index (χ2v) is 5.77. The van der Waals surface area contributed by atoms with E-state index in [1.54, 1.807) is 12.1 Å². The van der Waals surface area contributed by atoms with Gasteiger partial charge in [0.05, 0.1) is 6.10 Å². The highest BCUT2D eigenvalue weighted by Gasteiger charge is 2.15. The number of aliphatic hydroxyl groups excluding tert-OH is 1. The molecule has 0 radical (unpaired) electrons. The molecule has 1 aliphatic rings. The Bertz CT molecular complexity index is 413. The first kappa shape index (κ1) is 14.6. The van der Waals surface area contributed by atoms with Crippen LogP contribution >= 0.6 is 11.8 Å². The predicted molar refractivity (Wildman–Crippen MR) is 76.9 cm³/mol. The lowest BCUT2D eigenvalue weighted by molar-refractivity contribution is 0.121. The van der Waals surface area contributed by atoms with Gasteiger partial charge in [-0.15, -0.1) is 11.8 Å². The number of benzene rings is 1. The summed E-state index contributed by atoms with van der Waals surface area (Å²) >= 11 is 1.33. The third kappa shape index (κ3) is 4.65. The predicted octanol–water partition coefficient (Wildman–Crippen LogP) is 0.766. The minimum Gasteiger partial charge on any atom is -0.399 e. The molecule has 0 aliphatic carbocycles. The number of thioether (sulfide) groups is 1. The topological polar surface area (TPSA) is 61.5 Å². The van der Waals surface area contributed by atoms with Crippen LogP contribution in [0.2, 0.25) is 0 Å². The molecule has 1 aliphatic heterocycles. The van der Waals surface area contributed by atoms with Crippen molar-refractivity contribution in [1.29, 1.82) is 0 Å². The van der Waals surface area contributed by atoms with Crippen molar-refractivity contribution in [3.8, 4) is 0 Å². The van der Waals surface area contributed by atoms with Crippen LogP contribution in [0, 0.1) is 5.82 Å². The van der Waals surface area contributed by atoms with Gasteiger partial charge < -0.3 is 16.2 Å². The van der Waals surface area contributed by atoms with Gasteiger partial charge in [0.1, 0.15) is 5.82 Å². The zero-order valence-corrected chi connectivity index (χ0v) is 11.6.